The molecule has 21 heavy (non-hydrogen) atoms. The number of nitrogen functional groups attached to an aromatic ring is 1. The van der Waals surface area contributed by atoms with Gasteiger partial charge in [0.25, 0.3) is 0 Å². The van der Waals surface area contributed by atoms with Crippen LogP contribution in [0.2, 0.25) is 0 Å². The molecule has 5 heteroatoms. The summed E-state index contributed by atoms with van der Waals surface area (Å²) in [6, 6.07) is 11.3. The summed E-state index contributed by atoms with van der Waals surface area (Å²) in [6.07, 6.45) is 0. The second kappa shape index (κ2) is 6.26. The number of benzene rings is 2. The molecule has 0 aliphatic carbocycles. The number of carbonyl (C=O) groups is 1. The number of anilines is 3. The zero-order chi connectivity index (χ0) is 15.4. The first-order valence-corrected chi connectivity index (χ1v) is 6.59. The van der Waals surface area contributed by atoms with Gasteiger partial charge in [0, 0.05) is 6.54 Å². The largest absolute Gasteiger partial charge is 0.465 e. The highest BCUT2D eigenvalue weighted by Gasteiger charge is 2.21. The number of esters is 1. The van der Waals surface area contributed by atoms with Crippen LogP contribution in [0, 0.1) is 5.82 Å². The molecule has 2 rings (SSSR count). The molecule has 0 radical (unpaired) electrons. The van der Waals surface area contributed by atoms with Crippen molar-refractivity contribution in [3.8, 4) is 0 Å². The van der Waals surface area contributed by atoms with Gasteiger partial charge in [0.1, 0.15) is 5.82 Å². The molecule has 0 fully saturated rings. The smallest absolute Gasteiger partial charge is 0.340 e. The molecule has 0 amide bonds. The molecular weight excluding hydrogens is 271 g/mol. The predicted molar refractivity (Wildman–Crippen MR) is 81.3 cm³/mol. The first kappa shape index (κ1) is 14.8. The lowest BCUT2D eigenvalue weighted by atomic mass is 10.1. The number of hydrogen-bond donors (Lipinski definition) is 1. The van der Waals surface area contributed by atoms with Crippen LogP contribution in [0.4, 0.5) is 21.5 Å². The first-order valence-electron chi connectivity index (χ1n) is 6.59. The van der Waals surface area contributed by atoms with Crippen LogP contribution < -0.4 is 10.6 Å². The van der Waals surface area contributed by atoms with Crippen molar-refractivity contribution < 1.29 is 13.9 Å². The van der Waals surface area contributed by atoms with Crippen LogP contribution in [0.15, 0.2) is 42.5 Å². The average Bonchev–Trinajstić information content (AvgIpc) is 2.50. The van der Waals surface area contributed by atoms with Gasteiger partial charge in [-0.25, -0.2) is 9.18 Å². The van der Waals surface area contributed by atoms with Crippen molar-refractivity contribution in [2.75, 3.05) is 24.3 Å². The van der Waals surface area contributed by atoms with Crippen LogP contribution in [0.5, 0.6) is 0 Å². The second-order valence-corrected chi connectivity index (χ2v) is 4.43. The standard InChI is InChI=1S/C16H17FN2O2/c1-3-19(14-10-5-4-8-12(14)17)15-11(16(20)21-2)7-6-9-13(15)18/h4-10H,3,18H2,1-2H3. The molecule has 0 aliphatic rings. The van der Waals surface area contributed by atoms with Gasteiger partial charge in [0.2, 0.25) is 0 Å². The van der Waals surface area contributed by atoms with Gasteiger partial charge in [0.15, 0.2) is 0 Å². The number of nitrogens with two attached hydrogens (primary N) is 1. The lowest BCUT2D eigenvalue weighted by Gasteiger charge is -2.27. The minimum absolute atomic E-state index is 0.308. The molecule has 2 aromatic rings. The molecule has 0 aromatic heterocycles. The van der Waals surface area contributed by atoms with E-state index in [1.807, 2.05) is 6.92 Å². The average molecular weight is 288 g/mol. The van der Waals surface area contributed by atoms with Crippen LogP contribution in [0.3, 0.4) is 0 Å². The van der Waals surface area contributed by atoms with Crippen molar-refractivity contribution in [3.63, 3.8) is 0 Å². The van der Waals surface area contributed by atoms with Crippen LogP contribution in [-0.2, 0) is 4.74 Å². The fraction of sp³-hybridized carbons (Fsp3) is 0.188. The van der Waals surface area contributed by atoms with E-state index in [4.69, 9.17) is 10.5 Å². The number of ether oxygens (including phenoxy) is 1. The maximum absolute atomic E-state index is 14.1. The van der Waals surface area contributed by atoms with E-state index in [2.05, 4.69) is 0 Å². The fourth-order valence-corrected chi connectivity index (χ4v) is 2.26. The number of methoxy groups -OCH3 is 1. The van der Waals surface area contributed by atoms with Gasteiger partial charge in [-0.1, -0.05) is 18.2 Å². The zero-order valence-corrected chi connectivity index (χ0v) is 12.0. The topological polar surface area (TPSA) is 55.6 Å². The molecule has 0 bridgehead atoms. The van der Waals surface area contributed by atoms with E-state index in [9.17, 15) is 9.18 Å². The van der Waals surface area contributed by atoms with E-state index in [1.165, 1.54) is 13.2 Å². The minimum atomic E-state index is -0.507. The number of halogens is 1. The molecule has 0 aliphatic heterocycles. The summed E-state index contributed by atoms with van der Waals surface area (Å²) >= 11 is 0. The SMILES string of the molecule is CCN(c1ccccc1F)c1c(N)cccc1C(=O)OC. The Bertz CT molecular complexity index is 658. The molecule has 0 saturated heterocycles. The Hall–Kier alpha value is -2.56. The summed E-state index contributed by atoms with van der Waals surface area (Å²) in [5.41, 5.74) is 7.52. The molecule has 0 heterocycles. The van der Waals surface area contributed by atoms with Crippen LogP contribution in [0.25, 0.3) is 0 Å². The van der Waals surface area contributed by atoms with Crippen molar-refractivity contribution >= 4 is 23.0 Å². The minimum Gasteiger partial charge on any atom is -0.465 e. The van der Waals surface area contributed by atoms with E-state index in [-0.39, 0.29) is 5.82 Å². The normalized spacial score (nSPS) is 10.2. The van der Waals surface area contributed by atoms with E-state index < -0.39 is 5.97 Å². The highest BCUT2D eigenvalue weighted by molar-refractivity contribution is 6.00. The van der Waals surface area contributed by atoms with Crippen LogP contribution in [-0.4, -0.2) is 19.6 Å². The molecule has 0 saturated carbocycles. The number of nitrogens with zero attached hydrogens (tertiary/aromatic N) is 1. The van der Waals surface area contributed by atoms with Gasteiger partial charge in [-0.05, 0) is 31.2 Å². The fourth-order valence-electron chi connectivity index (χ4n) is 2.26. The van der Waals surface area contributed by atoms with Gasteiger partial charge >= 0.3 is 5.97 Å². The summed E-state index contributed by atoms with van der Waals surface area (Å²) in [7, 11) is 1.30. The summed E-state index contributed by atoms with van der Waals surface area (Å²) in [5.74, 6) is -0.884. The lowest BCUT2D eigenvalue weighted by Crippen LogP contribution is -2.22. The molecule has 0 unspecified atom stereocenters. The van der Waals surface area contributed by atoms with Crippen molar-refractivity contribution in [1.82, 2.24) is 0 Å². The molecule has 2 aromatic carbocycles. The Kier molecular flexibility index (Phi) is 4.42. The number of para-hydroxylation sites is 2. The summed E-state index contributed by atoms with van der Waals surface area (Å²) in [6.45, 7) is 2.32. The Morgan fingerprint density at radius 2 is 1.95 bits per heavy atom. The highest BCUT2D eigenvalue weighted by Crippen LogP contribution is 2.35. The van der Waals surface area contributed by atoms with Crippen LogP contribution >= 0.6 is 0 Å². The Labute approximate surface area is 122 Å². The summed E-state index contributed by atoms with van der Waals surface area (Å²) in [5, 5.41) is 0. The number of rotatable bonds is 4. The third-order valence-corrected chi connectivity index (χ3v) is 3.20. The Morgan fingerprint density at radius 1 is 1.24 bits per heavy atom. The molecule has 0 spiro atoms. The van der Waals surface area contributed by atoms with E-state index >= 15 is 0 Å². The van der Waals surface area contributed by atoms with Gasteiger partial charge in [-0.15, -0.1) is 0 Å². The van der Waals surface area contributed by atoms with E-state index in [0.717, 1.165) is 0 Å². The third-order valence-electron chi connectivity index (χ3n) is 3.20. The van der Waals surface area contributed by atoms with Crippen molar-refractivity contribution in [1.29, 1.82) is 0 Å². The lowest BCUT2D eigenvalue weighted by molar-refractivity contribution is 0.0601. The third kappa shape index (κ3) is 2.81. The zero-order valence-electron chi connectivity index (χ0n) is 12.0. The molecule has 110 valence electrons. The van der Waals surface area contributed by atoms with Crippen LogP contribution in [0.1, 0.15) is 17.3 Å². The van der Waals surface area contributed by atoms with Gasteiger partial charge in [-0.3, -0.25) is 0 Å². The summed E-state index contributed by atoms with van der Waals surface area (Å²) < 4.78 is 18.8. The predicted octanol–water partition coefficient (Wildman–Crippen LogP) is 3.35. The maximum atomic E-state index is 14.1. The molecule has 4 nitrogen and oxygen atoms in total. The Morgan fingerprint density at radius 3 is 2.57 bits per heavy atom. The van der Waals surface area contributed by atoms with Gasteiger partial charge < -0.3 is 15.4 Å². The van der Waals surface area contributed by atoms with Gasteiger partial charge in [0.05, 0.1) is 29.7 Å². The first-order chi connectivity index (χ1) is 10.1. The highest BCUT2D eigenvalue weighted by atomic mass is 19.1. The summed E-state index contributed by atoms with van der Waals surface area (Å²) in [4.78, 5) is 13.6. The number of hydrogen-bond acceptors (Lipinski definition) is 4. The molecule has 2 N–H and O–H groups in total. The second-order valence-electron chi connectivity index (χ2n) is 4.43. The Balaban J connectivity index is 2.63. The quantitative estimate of drug-likeness (QED) is 0.692. The molecular formula is C16H17FN2O2. The molecule has 0 atom stereocenters. The van der Waals surface area contributed by atoms with Crippen molar-refractivity contribution in [2.45, 2.75) is 6.92 Å². The van der Waals surface area contributed by atoms with E-state index in [0.29, 0.717) is 29.2 Å². The number of carbonyl (C=O) groups excluding carboxylic acids is 1. The van der Waals surface area contributed by atoms with Gasteiger partial charge in [-0.2, -0.15) is 0 Å². The van der Waals surface area contributed by atoms with Crippen molar-refractivity contribution in [3.05, 3.63) is 53.8 Å². The monoisotopic (exact) mass is 288 g/mol. The van der Waals surface area contributed by atoms with E-state index in [1.54, 1.807) is 41.3 Å². The maximum Gasteiger partial charge on any atom is 0.340 e. The van der Waals surface area contributed by atoms with Crippen molar-refractivity contribution in [2.24, 2.45) is 0 Å².